The molecule has 2 aliphatic heterocycles. The molecule has 6 aromatic rings. The normalized spacial score (nSPS) is 17.7. The molecule has 50 heavy (non-hydrogen) atoms. The molecule has 14 heteroatoms. The predicted molar refractivity (Wildman–Crippen MR) is 197 cm³/mol. The lowest BCUT2D eigenvalue weighted by Crippen LogP contribution is -2.36. The summed E-state index contributed by atoms with van der Waals surface area (Å²) in [6, 6.07) is 12.2. The number of nitrogen functional groups attached to an aromatic ring is 2. The molecule has 6 aromatic heterocycles. The number of anilines is 5. The van der Waals surface area contributed by atoms with Gasteiger partial charge in [0.15, 0.2) is 11.6 Å². The summed E-state index contributed by atoms with van der Waals surface area (Å²) in [6.07, 6.45) is 15.7. The number of nitrogens with zero attached hydrogens (tertiary/aromatic N) is 12. The van der Waals surface area contributed by atoms with Gasteiger partial charge in [0.1, 0.15) is 35.3 Å². The van der Waals surface area contributed by atoms with Crippen LogP contribution in [0.1, 0.15) is 43.0 Å². The van der Waals surface area contributed by atoms with Crippen LogP contribution < -0.4 is 26.2 Å². The molecule has 256 valence electrons. The van der Waals surface area contributed by atoms with Crippen molar-refractivity contribution in [3.05, 3.63) is 85.2 Å². The van der Waals surface area contributed by atoms with E-state index in [1.807, 2.05) is 50.8 Å². The van der Waals surface area contributed by atoms with Gasteiger partial charge in [-0.15, -0.1) is 0 Å². The minimum Gasteiger partial charge on any atom is -0.382 e. The minimum absolute atomic E-state index is 0.404. The Morgan fingerprint density at radius 2 is 1.36 bits per heavy atom. The van der Waals surface area contributed by atoms with E-state index in [1.54, 1.807) is 12.4 Å². The van der Waals surface area contributed by atoms with Crippen molar-refractivity contribution < 1.29 is 0 Å². The zero-order chi connectivity index (χ0) is 34.5. The van der Waals surface area contributed by atoms with Crippen molar-refractivity contribution in [2.45, 2.75) is 38.0 Å². The third-order valence-corrected chi connectivity index (χ3v) is 9.40. The van der Waals surface area contributed by atoms with Crippen molar-refractivity contribution in [2.24, 2.45) is 5.92 Å². The molecule has 2 fully saturated rings. The highest BCUT2D eigenvalue weighted by molar-refractivity contribution is 5.85. The van der Waals surface area contributed by atoms with Gasteiger partial charge in [-0.3, -0.25) is 15.0 Å². The lowest BCUT2D eigenvalue weighted by atomic mass is 9.93. The summed E-state index contributed by atoms with van der Waals surface area (Å²) in [7, 11) is 4.06. The molecule has 4 N–H and O–H groups in total. The number of fused-ring (bicyclic) bond motifs is 2. The Morgan fingerprint density at radius 3 is 1.96 bits per heavy atom. The van der Waals surface area contributed by atoms with Crippen LogP contribution in [0.15, 0.2) is 73.8 Å². The third-order valence-electron chi connectivity index (χ3n) is 9.40. The second-order valence-electron chi connectivity index (χ2n) is 13.1. The number of nitrogens with two attached hydrogens (primary N) is 2. The van der Waals surface area contributed by atoms with Crippen molar-refractivity contribution in [2.75, 3.05) is 66.4 Å². The van der Waals surface area contributed by atoms with E-state index in [9.17, 15) is 0 Å². The second kappa shape index (κ2) is 14.8. The first-order valence-electron chi connectivity index (χ1n) is 17.0. The highest BCUT2D eigenvalue weighted by Gasteiger charge is 2.24. The molecule has 8 rings (SSSR count). The predicted octanol–water partition coefficient (Wildman–Crippen LogP) is 4.31. The molecule has 0 bridgehead atoms. The van der Waals surface area contributed by atoms with Gasteiger partial charge >= 0.3 is 0 Å². The lowest BCUT2D eigenvalue weighted by molar-refractivity contribution is 0.408. The Morgan fingerprint density at radius 1 is 0.700 bits per heavy atom. The Hall–Kier alpha value is -5.79. The van der Waals surface area contributed by atoms with Gasteiger partial charge in [0.2, 0.25) is 0 Å². The molecule has 0 saturated carbocycles. The first-order valence-corrected chi connectivity index (χ1v) is 17.0. The standard InChI is InChI=1S/C19H23N7.C17H19N7/c1-25(2)14-5-6-15(21-10-14)13-4-3-9-26(11-13)17-8-7-16-18(24-17)19(20)23-12-22-16;18-17-16-14(21-11-22-17)3-4-15(23-16)24-7-1-2-12(10-24)8-13-9-19-5-6-20-13/h5-8,10,12-13H,3-4,9,11H2,1-2H3,(H2,20,22,23);3-6,9,11-12H,1-2,7-8,10H2,(H2,18,21,22). The van der Waals surface area contributed by atoms with Crippen LogP contribution in [0.4, 0.5) is 29.0 Å². The largest absolute Gasteiger partial charge is 0.382 e. The highest BCUT2D eigenvalue weighted by Crippen LogP contribution is 2.30. The van der Waals surface area contributed by atoms with Gasteiger partial charge in [0.05, 0.1) is 28.6 Å². The molecule has 0 spiro atoms. The monoisotopic (exact) mass is 670 g/mol. The number of aromatic nitrogens is 9. The van der Waals surface area contributed by atoms with E-state index in [4.69, 9.17) is 16.5 Å². The summed E-state index contributed by atoms with van der Waals surface area (Å²) >= 11 is 0. The van der Waals surface area contributed by atoms with Gasteiger partial charge in [-0.1, -0.05) is 0 Å². The van der Waals surface area contributed by atoms with E-state index in [1.165, 1.54) is 19.1 Å². The van der Waals surface area contributed by atoms with Crippen LogP contribution in [-0.4, -0.2) is 85.1 Å². The topological polar surface area (TPSA) is 178 Å². The molecule has 8 heterocycles. The second-order valence-corrected chi connectivity index (χ2v) is 13.1. The average molecular weight is 671 g/mol. The van der Waals surface area contributed by atoms with Gasteiger partial charge in [0.25, 0.3) is 0 Å². The fourth-order valence-corrected chi connectivity index (χ4v) is 6.75. The molecule has 14 nitrogen and oxygen atoms in total. The van der Waals surface area contributed by atoms with Crippen LogP contribution in [0.25, 0.3) is 22.1 Å². The number of hydrogen-bond acceptors (Lipinski definition) is 14. The molecule has 0 amide bonds. The van der Waals surface area contributed by atoms with Crippen molar-refractivity contribution in [1.29, 1.82) is 0 Å². The Bertz CT molecular complexity index is 2040. The van der Waals surface area contributed by atoms with Crippen molar-refractivity contribution in [1.82, 2.24) is 44.9 Å². The molecule has 0 aliphatic carbocycles. The summed E-state index contributed by atoms with van der Waals surface area (Å²) in [4.78, 5) is 45.8. The van der Waals surface area contributed by atoms with E-state index < -0.39 is 0 Å². The van der Waals surface area contributed by atoms with Gasteiger partial charge in [-0.2, -0.15) is 0 Å². The SMILES string of the molecule is CN(C)c1ccc(C2CCCN(c3ccc4ncnc(N)c4n3)C2)nc1.Nc1ncnc2ccc(N3CCCC(Cc4cnccn4)C3)nc12. The van der Waals surface area contributed by atoms with E-state index >= 15 is 0 Å². The summed E-state index contributed by atoms with van der Waals surface area (Å²) in [5.74, 6) is 3.67. The average Bonchev–Trinajstić information content (AvgIpc) is 3.16. The van der Waals surface area contributed by atoms with Gasteiger partial charge in [0, 0.05) is 70.5 Å². The maximum Gasteiger partial charge on any atom is 0.153 e. The summed E-state index contributed by atoms with van der Waals surface area (Å²) in [6.45, 7) is 3.85. The Kier molecular flexibility index (Phi) is 9.67. The number of hydrogen-bond donors (Lipinski definition) is 2. The Balaban J connectivity index is 0.000000157. The van der Waals surface area contributed by atoms with Crippen LogP contribution in [0.5, 0.6) is 0 Å². The van der Waals surface area contributed by atoms with Gasteiger partial charge < -0.3 is 26.2 Å². The van der Waals surface area contributed by atoms with Crippen molar-refractivity contribution in [3.63, 3.8) is 0 Å². The van der Waals surface area contributed by atoms with Crippen LogP contribution in [-0.2, 0) is 6.42 Å². The zero-order valence-electron chi connectivity index (χ0n) is 28.5. The van der Waals surface area contributed by atoms with Crippen molar-refractivity contribution >= 4 is 51.0 Å². The van der Waals surface area contributed by atoms with Crippen LogP contribution in [0.3, 0.4) is 0 Å². The maximum absolute atomic E-state index is 5.97. The molecule has 2 atom stereocenters. The summed E-state index contributed by atoms with van der Waals surface area (Å²) in [5.41, 5.74) is 18.1. The summed E-state index contributed by atoms with van der Waals surface area (Å²) in [5, 5.41) is 0. The number of pyridine rings is 3. The smallest absolute Gasteiger partial charge is 0.153 e. The number of rotatable bonds is 6. The first-order chi connectivity index (χ1) is 24.4. The quantitative estimate of drug-likeness (QED) is 0.256. The number of piperidine rings is 2. The maximum atomic E-state index is 5.97. The van der Waals surface area contributed by atoms with Crippen molar-refractivity contribution in [3.8, 4) is 0 Å². The lowest BCUT2D eigenvalue weighted by Gasteiger charge is -2.33. The van der Waals surface area contributed by atoms with E-state index in [-0.39, 0.29) is 0 Å². The van der Waals surface area contributed by atoms with Crippen LogP contribution >= 0.6 is 0 Å². The van der Waals surface area contributed by atoms with E-state index in [0.717, 1.165) is 91.6 Å². The molecule has 2 unspecified atom stereocenters. The molecule has 2 aliphatic rings. The molecular formula is C36H42N14. The molecule has 2 saturated heterocycles. The van der Waals surface area contributed by atoms with Gasteiger partial charge in [-0.25, -0.2) is 29.9 Å². The summed E-state index contributed by atoms with van der Waals surface area (Å²) < 4.78 is 0. The fraction of sp³-hybridized carbons (Fsp3) is 0.361. The molecule has 0 radical (unpaired) electrons. The fourth-order valence-electron chi connectivity index (χ4n) is 6.75. The Labute approximate surface area is 291 Å². The van der Waals surface area contributed by atoms with E-state index in [2.05, 4.69) is 66.7 Å². The van der Waals surface area contributed by atoms with Crippen LogP contribution in [0, 0.1) is 5.92 Å². The molecular weight excluding hydrogens is 628 g/mol. The minimum atomic E-state index is 0.404. The first kappa shape index (κ1) is 32.7. The molecule has 0 aromatic carbocycles. The zero-order valence-corrected chi connectivity index (χ0v) is 28.5. The van der Waals surface area contributed by atoms with E-state index in [0.29, 0.717) is 34.5 Å². The highest BCUT2D eigenvalue weighted by atomic mass is 15.2. The third kappa shape index (κ3) is 7.43. The van der Waals surface area contributed by atoms with Gasteiger partial charge in [-0.05, 0) is 74.4 Å². The van der Waals surface area contributed by atoms with Crippen LogP contribution in [0.2, 0.25) is 0 Å².